The molecule has 40 heavy (non-hydrogen) atoms. The molecule has 3 heterocycles. The number of piperidine rings is 1. The van der Waals surface area contributed by atoms with Crippen molar-refractivity contribution < 1.29 is 19.1 Å². The minimum Gasteiger partial charge on any atom is -0.486 e. The van der Waals surface area contributed by atoms with Gasteiger partial charge in [-0.3, -0.25) is 25.2 Å². The number of amides is 2. The molecule has 2 atom stereocenters. The third kappa shape index (κ3) is 7.41. The Morgan fingerprint density at radius 2 is 1.95 bits per heavy atom. The Bertz CT molecular complexity index is 1250. The molecule has 0 aliphatic carbocycles. The molecule has 0 spiro atoms. The largest absolute Gasteiger partial charge is 0.486 e. The van der Waals surface area contributed by atoms with E-state index >= 15 is 0 Å². The number of rotatable bonds is 10. The zero-order chi connectivity index (χ0) is 28.9. The van der Waals surface area contributed by atoms with Crippen molar-refractivity contribution >= 4 is 29.0 Å². The highest BCUT2D eigenvalue weighted by atomic mass is 16.5. The molecule has 1 aromatic heterocycles. The summed E-state index contributed by atoms with van der Waals surface area (Å²) in [4.78, 5) is 48.5. The molecule has 0 unspecified atom stereocenters. The lowest BCUT2D eigenvalue weighted by molar-refractivity contribution is -0.140. The molecular weight excluding hydrogens is 510 g/mol. The maximum absolute atomic E-state index is 13.3. The predicted molar refractivity (Wildman–Crippen MR) is 151 cm³/mol. The van der Waals surface area contributed by atoms with E-state index in [9.17, 15) is 14.4 Å². The Morgan fingerprint density at radius 3 is 2.65 bits per heavy atom. The van der Waals surface area contributed by atoms with Crippen LogP contribution in [0.25, 0.3) is 0 Å². The Kier molecular flexibility index (Phi) is 9.14. The highest BCUT2D eigenvalue weighted by Crippen LogP contribution is 2.29. The molecule has 2 aliphatic rings. The van der Waals surface area contributed by atoms with E-state index in [2.05, 4.69) is 34.6 Å². The number of Topliss-reactive ketones (excluding diaryl/α,β-unsaturated/α-hetero) is 1. The second-order valence-electron chi connectivity index (χ2n) is 11.5. The summed E-state index contributed by atoms with van der Waals surface area (Å²) in [5, 5.41) is 13.4. The standard InChI is InChI=1S/C29H39N7O4/c1-19-13-24(28(39)34-35-12-5-9-29(3,4)18-35)36(16-19)26(38)15-33-23-8-7-21(14-22(23)27(30)20(2)37)40-17-25-31-10-6-11-32-25/h6-8,10-11,14,19,24,30,33H,5,9,12-13,15-18H2,1-4H3,(H,34,39)/t19-,24+/m1/s1. The van der Waals surface area contributed by atoms with E-state index in [1.165, 1.54) is 6.92 Å². The first kappa shape index (κ1) is 29.1. The molecule has 4 rings (SSSR count). The van der Waals surface area contributed by atoms with Gasteiger partial charge in [-0.15, -0.1) is 0 Å². The number of nitrogens with one attached hydrogen (secondary N) is 3. The van der Waals surface area contributed by atoms with Gasteiger partial charge in [0.2, 0.25) is 5.91 Å². The lowest BCUT2D eigenvalue weighted by Gasteiger charge is -2.38. The fourth-order valence-electron chi connectivity index (χ4n) is 5.31. The first-order valence-electron chi connectivity index (χ1n) is 13.7. The van der Waals surface area contributed by atoms with Gasteiger partial charge >= 0.3 is 0 Å². The van der Waals surface area contributed by atoms with Crippen molar-refractivity contribution in [3.63, 3.8) is 0 Å². The Balaban J connectivity index is 1.41. The van der Waals surface area contributed by atoms with Gasteiger partial charge in [-0.05, 0) is 54.9 Å². The van der Waals surface area contributed by atoms with Gasteiger partial charge in [0.15, 0.2) is 11.6 Å². The van der Waals surface area contributed by atoms with E-state index in [1.54, 1.807) is 41.6 Å². The van der Waals surface area contributed by atoms with Gasteiger partial charge in [-0.2, -0.15) is 0 Å². The van der Waals surface area contributed by atoms with Crippen LogP contribution in [0.4, 0.5) is 5.69 Å². The van der Waals surface area contributed by atoms with Crippen LogP contribution in [0.3, 0.4) is 0 Å². The third-order valence-corrected chi connectivity index (χ3v) is 7.33. The summed E-state index contributed by atoms with van der Waals surface area (Å²) in [5.74, 6) is 0.355. The van der Waals surface area contributed by atoms with E-state index in [1.807, 2.05) is 11.9 Å². The van der Waals surface area contributed by atoms with Crippen molar-refractivity contribution in [1.29, 1.82) is 5.41 Å². The number of hydrogen-bond donors (Lipinski definition) is 3. The van der Waals surface area contributed by atoms with Gasteiger partial charge in [0, 0.05) is 50.2 Å². The third-order valence-electron chi connectivity index (χ3n) is 7.33. The maximum Gasteiger partial charge on any atom is 0.257 e. The fraction of sp³-hybridized carbons (Fsp3) is 0.517. The van der Waals surface area contributed by atoms with Crippen LogP contribution in [0.15, 0.2) is 36.7 Å². The lowest BCUT2D eigenvalue weighted by atomic mass is 9.85. The second-order valence-corrected chi connectivity index (χ2v) is 11.5. The first-order valence-corrected chi connectivity index (χ1v) is 13.7. The smallest absolute Gasteiger partial charge is 0.257 e. The molecule has 0 bridgehead atoms. The number of likely N-dealkylation sites (tertiary alicyclic amines) is 1. The molecule has 2 fully saturated rings. The lowest BCUT2D eigenvalue weighted by Crippen LogP contribution is -2.55. The highest BCUT2D eigenvalue weighted by Gasteiger charge is 2.39. The number of nitrogens with zero attached hydrogens (tertiary/aromatic N) is 4. The molecule has 2 saturated heterocycles. The number of carbonyl (C=O) groups excluding carboxylic acids is 3. The van der Waals surface area contributed by atoms with Crippen molar-refractivity contribution in [2.24, 2.45) is 11.3 Å². The van der Waals surface area contributed by atoms with Crippen molar-refractivity contribution in [2.75, 3.05) is 31.5 Å². The molecule has 2 amide bonds. The van der Waals surface area contributed by atoms with E-state index in [0.717, 1.165) is 25.9 Å². The average Bonchev–Trinajstić information content (AvgIpc) is 3.32. The molecule has 2 aliphatic heterocycles. The van der Waals surface area contributed by atoms with Crippen molar-refractivity contribution in [2.45, 2.75) is 59.6 Å². The fourth-order valence-corrected chi connectivity index (χ4v) is 5.31. The number of anilines is 1. The zero-order valence-electron chi connectivity index (χ0n) is 23.7. The van der Waals surface area contributed by atoms with Crippen LogP contribution in [0.1, 0.15) is 58.3 Å². The van der Waals surface area contributed by atoms with Gasteiger partial charge < -0.3 is 15.0 Å². The first-order chi connectivity index (χ1) is 19.0. The van der Waals surface area contributed by atoms with Gasteiger partial charge in [-0.1, -0.05) is 20.8 Å². The molecule has 1 aromatic carbocycles. The Hall–Kier alpha value is -3.86. The number of hydrogen-bond acceptors (Lipinski definition) is 9. The van der Waals surface area contributed by atoms with Crippen LogP contribution < -0.4 is 15.5 Å². The topological polar surface area (TPSA) is 141 Å². The van der Waals surface area contributed by atoms with Crippen LogP contribution in [0.5, 0.6) is 5.75 Å². The van der Waals surface area contributed by atoms with Crippen molar-refractivity contribution in [3.05, 3.63) is 48.0 Å². The van der Waals surface area contributed by atoms with E-state index in [-0.39, 0.29) is 42.0 Å². The number of ketones is 1. The number of ether oxygens (including phenoxy) is 1. The van der Waals surface area contributed by atoms with Crippen LogP contribution in [-0.2, 0) is 21.0 Å². The molecular formula is C29H39N7O4. The summed E-state index contributed by atoms with van der Waals surface area (Å²) >= 11 is 0. The number of carbonyl (C=O) groups is 3. The predicted octanol–water partition coefficient (Wildman–Crippen LogP) is 2.81. The highest BCUT2D eigenvalue weighted by molar-refractivity contribution is 6.45. The monoisotopic (exact) mass is 549 g/mol. The molecule has 0 saturated carbocycles. The quantitative estimate of drug-likeness (QED) is 0.384. The Morgan fingerprint density at radius 1 is 1.20 bits per heavy atom. The molecule has 11 heteroatoms. The normalized spacial score (nSPS) is 20.6. The summed E-state index contributed by atoms with van der Waals surface area (Å²) in [6.45, 7) is 9.87. The number of aromatic nitrogens is 2. The number of hydrazine groups is 1. The van der Waals surface area contributed by atoms with Crippen LogP contribution in [-0.4, -0.2) is 75.4 Å². The summed E-state index contributed by atoms with van der Waals surface area (Å²) in [6.07, 6.45) is 5.98. The van der Waals surface area contributed by atoms with Gasteiger partial charge in [0.25, 0.3) is 5.91 Å². The summed E-state index contributed by atoms with van der Waals surface area (Å²) in [6, 6.07) is 6.13. The molecule has 11 nitrogen and oxygen atoms in total. The van der Waals surface area contributed by atoms with Crippen LogP contribution in [0.2, 0.25) is 0 Å². The van der Waals surface area contributed by atoms with Crippen LogP contribution in [0, 0.1) is 16.7 Å². The summed E-state index contributed by atoms with van der Waals surface area (Å²) < 4.78 is 5.77. The summed E-state index contributed by atoms with van der Waals surface area (Å²) in [5.41, 5.74) is 3.77. The Labute approximate surface area is 235 Å². The van der Waals surface area contributed by atoms with Crippen molar-refractivity contribution in [1.82, 2.24) is 25.3 Å². The molecule has 2 aromatic rings. The maximum atomic E-state index is 13.3. The number of benzene rings is 1. The van der Waals surface area contributed by atoms with Gasteiger partial charge in [0.05, 0.1) is 6.54 Å². The molecule has 3 N–H and O–H groups in total. The SMILES string of the molecule is CC(=O)C(=N)c1cc(OCc2ncccn2)ccc1NCC(=O)N1C[C@H](C)C[C@H]1C(=O)NN1CCCC(C)(C)C1. The minimum atomic E-state index is -0.541. The summed E-state index contributed by atoms with van der Waals surface area (Å²) in [7, 11) is 0. The van der Waals surface area contributed by atoms with Crippen molar-refractivity contribution in [3.8, 4) is 5.75 Å². The molecule has 0 radical (unpaired) electrons. The average molecular weight is 550 g/mol. The molecule has 214 valence electrons. The van der Waals surface area contributed by atoms with Crippen LogP contribution >= 0.6 is 0 Å². The minimum absolute atomic E-state index is 0.0799. The zero-order valence-corrected chi connectivity index (χ0v) is 23.7. The van der Waals surface area contributed by atoms with Gasteiger partial charge in [-0.25, -0.2) is 15.0 Å². The van der Waals surface area contributed by atoms with E-state index in [4.69, 9.17) is 10.1 Å². The van der Waals surface area contributed by atoms with E-state index < -0.39 is 11.8 Å². The second kappa shape index (κ2) is 12.5. The van der Waals surface area contributed by atoms with E-state index in [0.29, 0.717) is 35.8 Å². The van der Waals surface area contributed by atoms with Gasteiger partial charge in [0.1, 0.15) is 24.1 Å².